The smallest absolute Gasteiger partial charge is 0.414 e. The number of rotatable bonds is 9. The van der Waals surface area contributed by atoms with Gasteiger partial charge in [-0.3, -0.25) is 9.88 Å². The molecule has 0 aliphatic heterocycles. The maximum atomic E-state index is 12.8. The number of pyridine rings is 1. The minimum Gasteiger partial charge on any atom is -0.443 e. The molecule has 1 amide bonds. The number of sulfonamides is 1. The van der Waals surface area contributed by atoms with E-state index in [1.165, 1.54) is 0 Å². The van der Waals surface area contributed by atoms with Crippen LogP contribution < -0.4 is 20.4 Å². The van der Waals surface area contributed by atoms with Crippen LogP contribution in [0.2, 0.25) is 0 Å². The Kier molecular flexibility index (Phi) is 8.30. The summed E-state index contributed by atoms with van der Waals surface area (Å²) in [6.45, 7) is 6.94. The first-order valence-corrected chi connectivity index (χ1v) is 12.7. The second kappa shape index (κ2) is 11.0. The molecular formula is C24H31BN4O4S. The molecule has 8 nitrogen and oxygen atoms in total. The van der Waals surface area contributed by atoms with Crippen molar-refractivity contribution in [2.75, 3.05) is 31.1 Å². The number of benzene rings is 2. The summed E-state index contributed by atoms with van der Waals surface area (Å²) in [6.07, 6.45) is 2.79. The van der Waals surface area contributed by atoms with Gasteiger partial charge in [0.2, 0.25) is 10.0 Å². The molecule has 10 heteroatoms. The Bertz CT molecular complexity index is 1220. The number of fused-ring (bicyclic) bond motifs is 1. The molecule has 34 heavy (non-hydrogen) atoms. The van der Waals surface area contributed by atoms with Crippen molar-refractivity contribution >= 4 is 45.9 Å². The van der Waals surface area contributed by atoms with Crippen molar-refractivity contribution in [2.45, 2.75) is 31.3 Å². The van der Waals surface area contributed by atoms with Gasteiger partial charge < -0.3 is 10.1 Å². The summed E-state index contributed by atoms with van der Waals surface area (Å²) in [6, 6.07) is 14.5. The molecule has 1 heterocycles. The standard InChI is InChI=1S/C24H31BN4O4S/c1-24(2,3)33-23(30)29(20-9-7-19(25)8-10-20)16-15-26-13-14-28-34(31,32)22-6-4-5-18-17-27-12-11-21(18)22/h4-12,17,26,28H,13-16,25H2,1-3H3. The van der Waals surface area contributed by atoms with Crippen molar-refractivity contribution in [3.63, 3.8) is 0 Å². The van der Waals surface area contributed by atoms with E-state index in [1.54, 1.807) is 35.5 Å². The molecular weight excluding hydrogens is 451 g/mol. The Balaban J connectivity index is 1.55. The van der Waals surface area contributed by atoms with Crippen LogP contribution >= 0.6 is 0 Å². The number of hydrogen-bond acceptors (Lipinski definition) is 6. The van der Waals surface area contributed by atoms with Crippen LogP contribution in [0.5, 0.6) is 0 Å². The van der Waals surface area contributed by atoms with Crippen molar-refractivity contribution in [3.8, 4) is 0 Å². The normalized spacial score (nSPS) is 12.0. The predicted molar refractivity (Wildman–Crippen MR) is 138 cm³/mol. The summed E-state index contributed by atoms with van der Waals surface area (Å²) in [5.41, 5.74) is 1.23. The second-order valence-corrected chi connectivity index (χ2v) is 10.7. The van der Waals surface area contributed by atoms with E-state index in [4.69, 9.17) is 4.74 Å². The van der Waals surface area contributed by atoms with Gasteiger partial charge in [-0.1, -0.05) is 29.7 Å². The summed E-state index contributed by atoms with van der Waals surface area (Å²) >= 11 is 0. The summed E-state index contributed by atoms with van der Waals surface area (Å²) < 4.78 is 33.8. The molecule has 3 rings (SSSR count). The number of amides is 1. The molecule has 180 valence electrons. The van der Waals surface area contributed by atoms with Crippen LogP contribution in [0.25, 0.3) is 10.8 Å². The third kappa shape index (κ3) is 7.03. The molecule has 0 saturated carbocycles. The number of aromatic nitrogens is 1. The third-order valence-corrected chi connectivity index (χ3v) is 6.52. The minimum atomic E-state index is -3.67. The number of hydrogen-bond donors (Lipinski definition) is 2. The molecule has 0 fully saturated rings. The quantitative estimate of drug-likeness (QED) is 0.357. The third-order valence-electron chi connectivity index (χ3n) is 5.00. The largest absolute Gasteiger partial charge is 0.443 e. The lowest BCUT2D eigenvalue weighted by atomic mass is 9.96. The second-order valence-electron chi connectivity index (χ2n) is 8.97. The number of anilines is 1. The first kappa shape index (κ1) is 25.7. The summed E-state index contributed by atoms with van der Waals surface area (Å²) in [5.74, 6) is 0. The molecule has 1 aromatic heterocycles. The molecule has 0 unspecified atom stereocenters. The molecule has 0 aliphatic rings. The molecule has 3 aromatic rings. The van der Waals surface area contributed by atoms with E-state index < -0.39 is 21.7 Å². The van der Waals surface area contributed by atoms with E-state index in [-0.39, 0.29) is 11.4 Å². The monoisotopic (exact) mass is 482 g/mol. The molecule has 0 radical (unpaired) electrons. The molecule has 0 aliphatic carbocycles. The van der Waals surface area contributed by atoms with Gasteiger partial charge in [0.25, 0.3) is 0 Å². The highest BCUT2D eigenvalue weighted by Crippen LogP contribution is 2.21. The fraction of sp³-hybridized carbons (Fsp3) is 0.333. The van der Waals surface area contributed by atoms with E-state index in [9.17, 15) is 13.2 Å². The Morgan fingerprint density at radius 2 is 1.79 bits per heavy atom. The highest BCUT2D eigenvalue weighted by molar-refractivity contribution is 7.89. The number of nitrogens with zero attached hydrogens (tertiary/aromatic N) is 2. The number of ether oxygens (including phenoxy) is 1. The highest BCUT2D eigenvalue weighted by atomic mass is 32.2. The lowest BCUT2D eigenvalue weighted by Crippen LogP contribution is -2.42. The average molecular weight is 482 g/mol. The first-order chi connectivity index (χ1) is 16.1. The zero-order chi connectivity index (χ0) is 24.8. The van der Waals surface area contributed by atoms with E-state index in [2.05, 4.69) is 15.0 Å². The summed E-state index contributed by atoms with van der Waals surface area (Å²) in [4.78, 5) is 18.6. The van der Waals surface area contributed by atoms with E-state index in [0.29, 0.717) is 25.0 Å². The average Bonchev–Trinajstić information content (AvgIpc) is 2.77. The fourth-order valence-corrected chi connectivity index (χ4v) is 4.62. The predicted octanol–water partition coefficient (Wildman–Crippen LogP) is 1.80. The van der Waals surface area contributed by atoms with Gasteiger partial charge in [0.1, 0.15) is 13.4 Å². The zero-order valence-corrected chi connectivity index (χ0v) is 20.9. The van der Waals surface area contributed by atoms with Crippen molar-refractivity contribution in [2.24, 2.45) is 0 Å². The van der Waals surface area contributed by atoms with Gasteiger partial charge in [-0.25, -0.2) is 17.9 Å². The molecule has 0 spiro atoms. The van der Waals surface area contributed by atoms with Crippen molar-refractivity contribution in [1.29, 1.82) is 0 Å². The maximum absolute atomic E-state index is 12.8. The highest BCUT2D eigenvalue weighted by Gasteiger charge is 2.23. The SMILES string of the molecule is Bc1ccc(N(CCNCCNS(=O)(=O)c2cccc3cnccc23)C(=O)OC(C)(C)C)cc1. The van der Waals surface area contributed by atoms with Gasteiger partial charge in [-0.05, 0) is 45.0 Å². The summed E-state index contributed by atoms with van der Waals surface area (Å²) in [7, 11) is -1.69. The van der Waals surface area contributed by atoms with Crippen LogP contribution in [0.1, 0.15) is 20.8 Å². The lowest BCUT2D eigenvalue weighted by molar-refractivity contribution is 0.0580. The Morgan fingerprint density at radius 1 is 1.06 bits per heavy atom. The molecule has 0 saturated heterocycles. The molecule has 0 atom stereocenters. The van der Waals surface area contributed by atoms with Crippen LogP contribution in [0.15, 0.2) is 65.8 Å². The Hall–Kier alpha value is -2.95. The Morgan fingerprint density at radius 3 is 2.50 bits per heavy atom. The van der Waals surface area contributed by atoms with Crippen molar-refractivity contribution < 1.29 is 17.9 Å². The van der Waals surface area contributed by atoms with Crippen molar-refractivity contribution in [3.05, 3.63) is 60.9 Å². The van der Waals surface area contributed by atoms with Gasteiger partial charge in [-0.2, -0.15) is 0 Å². The van der Waals surface area contributed by atoms with Gasteiger partial charge in [0.15, 0.2) is 0 Å². The van der Waals surface area contributed by atoms with Gasteiger partial charge >= 0.3 is 6.09 Å². The van der Waals surface area contributed by atoms with E-state index in [1.807, 2.05) is 58.9 Å². The number of carbonyl (C=O) groups is 1. The molecule has 2 N–H and O–H groups in total. The van der Waals surface area contributed by atoms with E-state index in [0.717, 1.165) is 16.5 Å². The molecule has 0 bridgehead atoms. The van der Waals surface area contributed by atoms with Crippen molar-refractivity contribution in [1.82, 2.24) is 15.0 Å². The van der Waals surface area contributed by atoms with Crippen LogP contribution in [-0.2, 0) is 14.8 Å². The maximum Gasteiger partial charge on any atom is 0.414 e. The minimum absolute atomic E-state index is 0.209. The van der Waals surface area contributed by atoms with Gasteiger partial charge in [0, 0.05) is 55.0 Å². The van der Waals surface area contributed by atoms with Crippen LogP contribution in [0.3, 0.4) is 0 Å². The fourth-order valence-electron chi connectivity index (χ4n) is 3.36. The van der Waals surface area contributed by atoms with Gasteiger partial charge in [-0.15, -0.1) is 0 Å². The Labute approximate surface area is 202 Å². The molecule has 2 aromatic carbocycles. The number of carbonyl (C=O) groups excluding carboxylic acids is 1. The van der Waals surface area contributed by atoms with Crippen LogP contribution in [-0.4, -0.2) is 59.1 Å². The van der Waals surface area contributed by atoms with Gasteiger partial charge in [0.05, 0.1) is 4.90 Å². The summed E-state index contributed by atoms with van der Waals surface area (Å²) in [5, 5.41) is 4.58. The topological polar surface area (TPSA) is 101 Å². The zero-order valence-electron chi connectivity index (χ0n) is 20.0. The number of nitrogens with one attached hydrogen (secondary N) is 2. The lowest BCUT2D eigenvalue weighted by Gasteiger charge is -2.27. The van der Waals surface area contributed by atoms with Crippen LogP contribution in [0.4, 0.5) is 10.5 Å². The van der Waals surface area contributed by atoms with E-state index >= 15 is 0 Å². The van der Waals surface area contributed by atoms with Crippen LogP contribution in [0, 0.1) is 0 Å². The first-order valence-electron chi connectivity index (χ1n) is 11.2.